The number of aliphatic hydroxyl groups is 1. The summed E-state index contributed by atoms with van der Waals surface area (Å²) in [7, 11) is 1.71. The Kier molecular flexibility index (Phi) is 6.30. The fourth-order valence-electron chi connectivity index (χ4n) is 4.92. The zero-order chi connectivity index (χ0) is 26.2. The molecule has 2 saturated heterocycles. The number of likely N-dealkylation sites (N-methyl/N-ethyl adjacent to an activating group) is 1. The van der Waals surface area contributed by atoms with Crippen molar-refractivity contribution in [3.8, 4) is 11.3 Å². The van der Waals surface area contributed by atoms with Gasteiger partial charge in [0.05, 0.1) is 24.4 Å². The number of rotatable bonds is 5. The van der Waals surface area contributed by atoms with Crippen molar-refractivity contribution < 1.29 is 19.0 Å². The summed E-state index contributed by atoms with van der Waals surface area (Å²) in [4.78, 5) is 35.3. The number of ether oxygens (including phenoxy) is 1. The van der Waals surface area contributed by atoms with Crippen molar-refractivity contribution >= 4 is 28.4 Å². The van der Waals surface area contributed by atoms with Crippen LogP contribution in [0.3, 0.4) is 0 Å². The molecule has 194 valence electrons. The molecule has 2 aromatic carbocycles. The van der Waals surface area contributed by atoms with Crippen molar-refractivity contribution in [2.75, 3.05) is 56.2 Å². The van der Waals surface area contributed by atoms with E-state index in [0.717, 1.165) is 18.8 Å². The predicted octanol–water partition coefficient (Wildman–Crippen LogP) is 3.02. The fraction of sp³-hybridized carbons (Fsp3) is 0.296. The second kappa shape index (κ2) is 9.92. The average molecular weight is 516 g/mol. The van der Waals surface area contributed by atoms with Gasteiger partial charge >= 0.3 is 6.03 Å². The van der Waals surface area contributed by atoms with Gasteiger partial charge in [-0.2, -0.15) is 0 Å². The SMILES string of the molecule is CN1CCN(c2nccnc2C(O)c2ccc(F)c(-c3ncnc4cc(N5CCOCC5)ccc34)c2)C1=O. The van der Waals surface area contributed by atoms with Crippen LogP contribution in [0, 0.1) is 5.82 Å². The summed E-state index contributed by atoms with van der Waals surface area (Å²) >= 11 is 0. The molecule has 4 aromatic rings. The summed E-state index contributed by atoms with van der Waals surface area (Å²) in [6.45, 7) is 3.90. The van der Waals surface area contributed by atoms with Gasteiger partial charge in [-0.05, 0) is 35.9 Å². The summed E-state index contributed by atoms with van der Waals surface area (Å²) in [6.07, 6.45) is 3.11. The topological polar surface area (TPSA) is 108 Å². The minimum atomic E-state index is -1.24. The van der Waals surface area contributed by atoms with Crippen LogP contribution in [-0.4, -0.2) is 82.4 Å². The summed E-state index contributed by atoms with van der Waals surface area (Å²) < 4.78 is 20.6. The van der Waals surface area contributed by atoms with Gasteiger partial charge in [-0.15, -0.1) is 0 Å². The molecular formula is C27H26FN7O3. The zero-order valence-corrected chi connectivity index (χ0v) is 20.8. The van der Waals surface area contributed by atoms with Gasteiger partial charge in [-0.1, -0.05) is 6.07 Å². The second-order valence-electron chi connectivity index (χ2n) is 9.29. The Morgan fingerprint density at radius 3 is 2.58 bits per heavy atom. The Balaban J connectivity index is 1.37. The minimum absolute atomic E-state index is 0.219. The highest BCUT2D eigenvalue weighted by molar-refractivity contribution is 5.95. The van der Waals surface area contributed by atoms with Crippen LogP contribution in [0.25, 0.3) is 22.2 Å². The highest BCUT2D eigenvalue weighted by Gasteiger charge is 2.32. The highest BCUT2D eigenvalue weighted by atomic mass is 19.1. The number of aromatic nitrogens is 4. The lowest BCUT2D eigenvalue weighted by Gasteiger charge is -2.29. The summed E-state index contributed by atoms with van der Waals surface area (Å²) in [5.74, 6) is -0.197. The maximum atomic E-state index is 15.2. The molecule has 2 aliphatic rings. The summed E-state index contributed by atoms with van der Waals surface area (Å²) in [5, 5.41) is 12.0. The van der Waals surface area contributed by atoms with Crippen LogP contribution in [-0.2, 0) is 4.74 Å². The van der Waals surface area contributed by atoms with E-state index in [4.69, 9.17) is 4.74 Å². The second-order valence-corrected chi connectivity index (χ2v) is 9.29. The van der Waals surface area contributed by atoms with Crippen LogP contribution in [0.4, 0.5) is 20.7 Å². The van der Waals surface area contributed by atoms with E-state index in [-0.39, 0.29) is 23.1 Å². The van der Waals surface area contributed by atoms with Gasteiger partial charge < -0.3 is 19.6 Å². The molecule has 1 unspecified atom stereocenters. The van der Waals surface area contributed by atoms with E-state index in [1.165, 1.54) is 35.8 Å². The predicted molar refractivity (Wildman–Crippen MR) is 139 cm³/mol. The maximum Gasteiger partial charge on any atom is 0.325 e. The normalized spacial score (nSPS) is 16.9. The molecule has 0 saturated carbocycles. The van der Waals surface area contributed by atoms with Crippen molar-refractivity contribution in [3.63, 3.8) is 0 Å². The molecule has 2 amide bonds. The van der Waals surface area contributed by atoms with Crippen molar-refractivity contribution in [2.45, 2.75) is 6.10 Å². The van der Waals surface area contributed by atoms with Crippen LogP contribution in [0.5, 0.6) is 0 Å². The number of anilines is 2. The van der Waals surface area contributed by atoms with Crippen LogP contribution >= 0.6 is 0 Å². The molecule has 2 fully saturated rings. The van der Waals surface area contributed by atoms with E-state index < -0.39 is 11.9 Å². The van der Waals surface area contributed by atoms with E-state index in [1.54, 1.807) is 18.0 Å². The molecule has 1 N–H and O–H groups in total. The first kappa shape index (κ1) is 24.1. The number of carbonyl (C=O) groups is 1. The number of benzene rings is 2. The Bertz CT molecular complexity index is 1510. The van der Waals surface area contributed by atoms with E-state index in [1.807, 2.05) is 18.2 Å². The van der Waals surface area contributed by atoms with E-state index >= 15 is 4.39 Å². The maximum absolute atomic E-state index is 15.2. The monoisotopic (exact) mass is 515 g/mol. The average Bonchev–Trinajstić information content (AvgIpc) is 3.30. The fourth-order valence-corrected chi connectivity index (χ4v) is 4.92. The standard InChI is InChI=1S/C27H26FN7O3/c1-33-8-9-35(27(33)37)26-24(29-6-7-30-26)25(36)17-2-5-21(28)20(14-17)23-19-4-3-18(15-22(19)31-16-32-23)34-10-12-38-13-11-34/h2-7,14-16,25,36H,8-13H2,1H3. The number of aliphatic hydroxyl groups excluding tert-OH is 1. The van der Waals surface area contributed by atoms with Crippen LogP contribution < -0.4 is 9.80 Å². The largest absolute Gasteiger partial charge is 0.382 e. The van der Waals surface area contributed by atoms with Gasteiger partial charge in [-0.25, -0.2) is 24.1 Å². The first-order chi connectivity index (χ1) is 18.5. The molecule has 0 spiro atoms. The van der Waals surface area contributed by atoms with Gasteiger partial charge in [0.25, 0.3) is 0 Å². The van der Waals surface area contributed by atoms with Crippen LogP contribution in [0.15, 0.2) is 55.1 Å². The zero-order valence-electron chi connectivity index (χ0n) is 20.8. The molecule has 4 heterocycles. The van der Waals surface area contributed by atoms with Gasteiger partial charge in [-0.3, -0.25) is 9.88 Å². The lowest BCUT2D eigenvalue weighted by molar-refractivity contribution is 0.122. The van der Waals surface area contributed by atoms with Crippen molar-refractivity contribution in [1.82, 2.24) is 24.8 Å². The number of hydrogen-bond donors (Lipinski definition) is 1. The Hall–Kier alpha value is -4.22. The Morgan fingerprint density at radius 2 is 1.79 bits per heavy atom. The number of halogens is 1. The molecule has 2 aromatic heterocycles. The molecule has 0 radical (unpaired) electrons. The molecule has 38 heavy (non-hydrogen) atoms. The number of fused-ring (bicyclic) bond motifs is 1. The number of carbonyl (C=O) groups excluding carboxylic acids is 1. The van der Waals surface area contributed by atoms with Gasteiger partial charge in [0.2, 0.25) is 0 Å². The van der Waals surface area contributed by atoms with Crippen LogP contribution in [0.2, 0.25) is 0 Å². The third kappa shape index (κ3) is 4.29. The molecule has 0 aliphatic carbocycles. The molecule has 6 rings (SSSR count). The lowest BCUT2D eigenvalue weighted by atomic mass is 9.99. The molecule has 1 atom stereocenters. The van der Waals surface area contributed by atoms with Gasteiger partial charge in [0.15, 0.2) is 5.82 Å². The number of amides is 2. The number of urea groups is 1. The first-order valence-corrected chi connectivity index (χ1v) is 12.4. The third-order valence-electron chi connectivity index (χ3n) is 6.99. The summed E-state index contributed by atoms with van der Waals surface area (Å²) in [6, 6.07) is 9.99. The Labute approximate surface area is 218 Å². The third-order valence-corrected chi connectivity index (χ3v) is 6.99. The van der Waals surface area contributed by atoms with Crippen molar-refractivity contribution in [3.05, 3.63) is 72.2 Å². The smallest absolute Gasteiger partial charge is 0.325 e. The van der Waals surface area contributed by atoms with E-state index in [2.05, 4.69) is 24.8 Å². The number of morpholine rings is 1. The Morgan fingerprint density at radius 1 is 0.974 bits per heavy atom. The van der Waals surface area contributed by atoms with Crippen LogP contribution in [0.1, 0.15) is 17.4 Å². The summed E-state index contributed by atoms with van der Waals surface area (Å²) in [5.41, 5.74) is 2.99. The molecule has 0 bridgehead atoms. The van der Waals surface area contributed by atoms with Gasteiger partial charge in [0, 0.05) is 62.3 Å². The van der Waals surface area contributed by atoms with Gasteiger partial charge in [0.1, 0.15) is 23.9 Å². The van der Waals surface area contributed by atoms with E-state index in [9.17, 15) is 9.90 Å². The highest BCUT2D eigenvalue weighted by Crippen LogP contribution is 2.34. The quantitative estimate of drug-likeness (QED) is 0.432. The molecule has 2 aliphatic heterocycles. The van der Waals surface area contributed by atoms with Crippen molar-refractivity contribution in [1.29, 1.82) is 0 Å². The minimum Gasteiger partial charge on any atom is -0.382 e. The first-order valence-electron chi connectivity index (χ1n) is 12.4. The van der Waals surface area contributed by atoms with E-state index in [0.29, 0.717) is 48.5 Å². The molecule has 10 nitrogen and oxygen atoms in total. The molecule has 11 heteroatoms. The molecular weight excluding hydrogens is 489 g/mol. The number of nitrogens with zero attached hydrogens (tertiary/aromatic N) is 7. The lowest BCUT2D eigenvalue weighted by Crippen LogP contribution is -2.36. The number of hydrogen-bond acceptors (Lipinski definition) is 8. The van der Waals surface area contributed by atoms with Crippen molar-refractivity contribution in [2.24, 2.45) is 0 Å².